The number of fused-ring (bicyclic) bond motifs is 1. The monoisotopic (exact) mass is 348 g/mol. The molecule has 108 valence electrons. The number of nitrogens with zero attached hydrogens (tertiary/aromatic N) is 2. The molecule has 0 aliphatic carbocycles. The molecular weight excluding hydrogens is 336 g/mol. The number of nitrogens with two attached hydrogens (primary N) is 1. The number of halogens is 1. The average Bonchev–Trinajstić information content (AvgIpc) is 2.69. The number of likely N-dealkylation sites (N-methyl/N-ethyl adjacent to an activating group) is 1. The van der Waals surface area contributed by atoms with E-state index in [4.69, 9.17) is 5.73 Å². The maximum Gasteiger partial charge on any atom is 0.251 e. The first-order valence-electron chi connectivity index (χ1n) is 6.38. The van der Waals surface area contributed by atoms with Crippen LogP contribution < -0.4 is 11.1 Å². The Balaban J connectivity index is 2.04. The molecule has 1 saturated heterocycles. The quantitative estimate of drug-likeness (QED) is 0.807. The highest BCUT2D eigenvalue weighted by molar-refractivity contribution is 9.10. The Bertz CT molecular complexity index is 757. The van der Waals surface area contributed by atoms with E-state index < -0.39 is 6.04 Å². The molecule has 2 amide bonds. The first-order chi connectivity index (χ1) is 9.97. The number of benzene rings is 1. The highest BCUT2D eigenvalue weighted by Crippen LogP contribution is 2.31. The van der Waals surface area contributed by atoms with Gasteiger partial charge in [0.15, 0.2) is 0 Å². The zero-order valence-corrected chi connectivity index (χ0v) is 12.8. The third-order valence-corrected chi connectivity index (χ3v) is 4.05. The Morgan fingerprint density at radius 3 is 2.86 bits per heavy atom. The van der Waals surface area contributed by atoms with Crippen LogP contribution in [-0.2, 0) is 9.59 Å². The first-order valence-corrected chi connectivity index (χ1v) is 7.17. The van der Waals surface area contributed by atoms with Gasteiger partial charge in [-0.25, -0.2) is 0 Å². The largest absolute Gasteiger partial charge is 0.396 e. The van der Waals surface area contributed by atoms with Crippen LogP contribution in [0, 0.1) is 0 Å². The van der Waals surface area contributed by atoms with Gasteiger partial charge in [-0.15, -0.1) is 0 Å². The smallest absolute Gasteiger partial charge is 0.251 e. The van der Waals surface area contributed by atoms with Crippen molar-refractivity contribution >= 4 is 50.0 Å². The van der Waals surface area contributed by atoms with E-state index in [1.54, 1.807) is 6.20 Å². The predicted molar refractivity (Wildman–Crippen MR) is 83.7 cm³/mol. The van der Waals surface area contributed by atoms with Gasteiger partial charge in [-0.2, -0.15) is 0 Å². The Hall–Kier alpha value is -2.15. The second-order valence-electron chi connectivity index (χ2n) is 4.94. The third kappa shape index (κ3) is 2.33. The zero-order chi connectivity index (χ0) is 15.1. The fourth-order valence-corrected chi connectivity index (χ4v) is 2.74. The molecule has 1 aliphatic heterocycles. The van der Waals surface area contributed by atoms with Crippen molar-refractivity contribution in [1.82, 2.24) is 9.88 Å². The summed E-state index contributed by atoms with van der Waals surface area (Å²) in [5.74, 6) is -0.449. The van der Waals surface area contributed by atoms with Crippen LogP contribution in [0.25, 0.3) is 10.9 Å². The molecule has 1 aromatic carbocycles. The minimum absolute atomic E-state index is 0.132. The van der Waals surface area contributed by atoms with Gasteiger partial charge in [0.05, 0.1) is 29.5 Å². The highest BCUT2D eigenvalue weighted by Gasteiger charge is 2.36. The molecule has 1 atom stereocenters. The molecule has 2 aromatic rings. The molecule has 21 heavy (non-hydrogen) atoms. The summed E-state index contributed by atoms with van der Waals surface area (Å²) in [5, 5.41) is 3.90. The normalized spacial score (nSPS) is 18.6. The Morgan fingerprint density at radius 1 is 1.43 bits per heavy atom. The van der Waals surface area contributed by atoms with Crippen LogP contribution in [0.15, 0.2) is 28.9 Å². The Labute approximate surface area is 129 Å². The number of hydrogen-bond acceptors (Lipinski definition) is 5. The molecule has 3 N–H and O–H groups in total. The van der Waals surface area contributed by atoms with Gasteiger partial charge in [-0.1, -0.05) is 15.9 Å². The molecule has 0 bridgehead atoms. The summed E-state index contributed by atoms with van der Waals surface area (Å²) in [6.45, 7) is 0. The molecule has 1 unspecified atom stereocenters. The molecule has 1 fully saturated rings. The van der Waals surface area contributed by atoms with Crippen LogP contribution in [0.1, 0.15) is 6.42 Å². The van der Waals surface area contributed by atoms with Crippen molar-refractivity contribution in [1.29, 1.82) is 0 Å². The number of amides is 2. The number of carbonyl (C=O) groups excluding carboxylic acids is 2. The Morgan fingerprint density at radius 2 is 2.19 bits per heavy atom. The number of pyridine rings is 1. The van der Waals surface area contributed by atoms with E-state index in [0.29, 0.717) is 11.4 Å². The van der Waals surface area contributed by atoms with Gasteiger partial charge in [0.2, 0.25) is 5.91 Å². The summed E-state index contributed by atoms with van der Waals surface area (Å²) in [7, 11) is 1.48. The van der Waals surface area contributed by atoms with Gasteiger partial charge in [0, 0.05) is 16.9 Å². The van der Waals surface area contributed by atoms with Crippen molar-refractivity contribution in [2.75, 3.05) is 18.1 Å². The van der Waals surface area contributed by atoms with E-state index in [-0.39, 0.29) is 18.2 Å². The molecular formula is C14H13BrN4O2. The number of carbonyl (C=O) groups is 2. The van der Waals surface area contributed by atoms with Gasteiger partial charge in [0.1, 0.15) is 6.04 Å². The van der Waals surface area contributed by atoms with Crippen LogP contribution in [-0.4, -0.2) is 34.8 Å². The molecule has 7 heteroatoms. The van der Waals surface area contributed by atoms with Gasteiger partial charge in [-0.05, 0) is 18.2 Å². The number of imide groups is 1. The number of rotatable bonds is 2. The number of hydrogen-bond donors (Lipinski definition) is 2. The van der Waals surface area contributed by atoms with Crippen LogP contribution in [0.3, 0.4) is 0 Å². The second-order valence-corrected chi connectivity index (χ2v) is 5.86. The van der Waals surface area contributed by atoms with Crippen molar-refractivity contribution in [3.63, 3.8) is 0 Å². The van der Waals surface area contributed by atoms with Crippen molar-refractivity contribution < 1.29 is 9.59 Å². The number of likely N-dealkylation sites (tertiary alicyclic amines) is 1. The SMILES string of the molecule is CN1C(=O)CC(Nc2c(N)cnc3ccc(Br)cc23)C1=O. The molecule has 1 aliphatic rings. The van der Waals surface area contributed by atoms with Gasteiger partial charge in [-0.3, -0.25) is 19.5 Å². The molecule has 0 radical (unpaired) electrons. The summed E-state index contributed by atoms with van der Waals surface area (Å²) in [6.07, 6.45) is 1.68. The first kappa shape index (κ1) is 13.8. The van der Waals surface area contributed by atoms with Crippen LogP contribution in [0.5, 0.6) is 0 Å². The van der Waals surface area contributed by atoms with Crippen LogP contribution >= 0.6 is 15.9 Å². The lowest BCUT2D eigenvalue weighted by atomic mass is 10.1. The summed E-state index contributed by atoms with van der Waals surface area (Å²) >= 11 is 3.41. The number of anilines is 2. The highest BCUT2D eigenvalue weighted by atomic mass is 79.9. The predicted octanol–water partition coefficient (Wildman–Crippen LogP) is 1.75. The Kier molecular flexibility index (Phi) is 3.29. The number of aromatic nitrogens is 1. The minimum Gasteiger partial charge on any atom is -0.396 e. The summed E-state index contributed by atoms with van der Waals surface area (Å²) in [6, 6.07) is 5.03. The van der Waals surface area contributed by atoms with E-state index >= 15 is 0 Å². The lowest BCUT2D eigenvalue weighted by Gasteiger charge is -2.16. The van der Waals surface area contributed by atoms with Crippen molar-refractivity contribution in [3.05, 3.63) is 28.9 Å². The van der Waals surface area contributed by atoms with E-state index in [1.807, 2.05) is 18.2 Å². The summed E-state index contributed by atoms with van der Waals surface area (Å²) < 4.78 is 0.886. The summed E-state index contributed by atoms with van der Waals surface area (Å²) in [5.41, 5.74) is 7.81. The average molecular weight is 349 g/mol. The van der Waals surface area contributed by atoms with Crippen LogP contribution in [0.2, 0.25) is 0 Å². The second kappa shape index (κ2) is 5.00. The number of nitrogens with one attached hydrogen (secondary N) is 1. The summed E-state index contributed by atoms with van der Waals surface area (Å²) in [4.78, 5) is 29.0. The maximum atomic E-state index is 12.0. The minimum atomic E-state index is -0.589. The topological polar surface area (TPSA) is 88.3 Å². The van der Waals surface area contributed by atoms with Gasteiger partial charge >= 0.3 is 0 Å². The molecule has 0 saturated carbocycles. The molecule has 2 heterocycles. The van der Waals surface area contributed by atoms with Crippen LogP contribution in [0.4, 0.5) is 11.4 Å². The zero-order valence-electron chi connectivity index (χ0n) is 11.3. The standard InChI is InChI=1S/C14H13BrN4O2/c1-19-12(20)5-11(14(19)21)18-13-8-4-7(15)2-3-10(8)17-6-9(13)16/h2-4,6,11H,5,16H2,1H3,(H,17,18). The third-order valence-electron chi connectivity index (χ3n) is 3.56. The van der Waals surface area contributed by atoms with Crippen molar-refractivity contribution in [2.24, 2.45) is 0 Å². The molecule has 1 aromatic heterocycles. The van der Waals surface area contributed by atoms with Gasteiger partial charge in [0.25, 0.3) is 5.91 Å². The van der Waals surface area contributed by atoms with Crippen molar-refractivity contribution in [2.45, 2.75) is 12.5 Å². The van der Waals surface area contributed by atoms with Gasteiger partial charge < -0.3 is 11.1 Å². The molecule has 3 rings (SSSR count). The maximum absolute atomic E-state index is 12.0. The lowest BCUT2D eigenvalue weighted by molar-refractivity contribution is -0.136. The van der Waals surface area contributed by atoms with Crippen molar-refractivity contribution in [3.8, 4) is 0 Å². The fourth-order valence-electron chi connectivity index (χ4n) is 2.38. The molecule has 6 nitrogen and oxygen atoms in total. The lowest BCUT2D eigenvalue weighted by Crippen LogP contribution is -2.32. The van der Waals surface area contributed by atoms with E-state index in [1.165, 1.54) is 7.05 Å². The molecule has 0 spiro atoms. The van der Waals surface area contributed by atoms with E-state index in [9.17, 15) is 9.59 Å². The number of nitrogen functional groups attached to an aromatic ring is 1. The van der Waals surface area contributed by atoms with E-state index in [0.717, 1.165) is 20.3 Å². The van der Waals surface area contributed by atoms with E-state index in [2.05, 4.69) is 26.2 Å². The fraction of sp³-hybridized carbons (Fsp3) is 0.214.